The second-order valence-electron chi connectivity index (χ2n) is 5.94. The van der Waals surface area contributed by atoms with Gasteiger partial charge in [0.05, 0.1) is 27.5 Å². The Kier molecular flexibility index (Phi) is 7.14. The Balaban J connectivity index is 1.75. The van der Waals surface area contributed by atoms with Crippen molar-refractivity contribution in [3.8, 4) is 5.75 Å². The van der Waals surface area contributed by atoms with Gasteiger partial charge in [-0.2, -0.15) is 5.10 Å². The number of rotatable bonds is 7. The van der Waals surface area contributed by atoms with Crippen LogP contribution in [0.4, 0.5) is 5.69 Å². The smallest absolute Gasteiger partial charge is 0.337 e. The first-order valence-corrected chi connectivity index (χ1v) is 9.96. The number of halogens is 3. The molecule has 8 heteroatoms. The second-order valence-corrected chi connectivity index (χ2v) is 7.67. The molecule has 0 saturated heterocycles. The van der Waals surface area contributed by atoms with Crippen LogP contribution in [0.25, 0.3) is 0 Å². The summed E-state index contributed by atoms with van der Waals surface area (Å²) in [7, 11) is 0. The number of benzene rings is 3. The summed E-state index contributed by atoms with van der Waals surface area (Å²) in [5.74, 6) is -0.423. The van der Waals surface area contributed by atoms with Crippen molar-refractivity contribution in [3.05, 3.63) is 91.9 Å². The summed E-state index contributed by atoms with van der Waals surface area (Å²) in [5.41, 5.74) is 4.87. The molecule has 0 heterocycles. The largest absolute Gasteiger partial charge is 0.488 e. The van der Waals surface area contributed by atoms with Crippen molar-refractivity contribution in [1.29, 1.82) is 0 Å². The van der Waals surface area contributed by atoms with Gasteiger partial charge in [0.15, 0.2) is 0 Å². The van der Waals surface area contributed by atoms with Crippen molar-refractivity contribution in [2.24, 2.45) is 5.10 Å². The summed E-state index contributed by atoms with van der Waals surface area (Å²) in [5, 5.41) is 14.4. The quantitative estimate of drug-likeness (QED) is 0.292. The lowest BCUT2D eigenvalue weighted by atomic mass is 10.2. The van der Waals surface area contributed by atoms with E-state index >= 15 is 0 Å². The lowest BCUT2D eigenvalue weighted by Crippen LogP contribution is -2.03. The molecule has 0 spiro atoms. The third kappa shape index (κ3) is 5.73. The molecule has 0 aromatic heterocycles. The van der Waals surface area contributed by atoms with E-state index in [1.165, 1.54) is 6.07 Å². The Bertz CT molecular complexity index is 1070. The van der Waals surface area contributed by atoms with Crippen LogP contribution in [0, 0.1) is 0 Å². The Morgan fingerprint density at radius 2 is 1.90 bits per heavy atom. The summed E-state index contributed by atoms with van der Waals surface area (Å²) in [6, 6.07) is 17.4. The van der Waals surface area contributed by atoms with Gasteiger partial charge < -0.3 is 9.84 Å². The number of hydrazone groups is 1. The monoisotopic (exact) mass is 492 g/mol. The molecule has 3 aromatic carbocycles. The number of hydrogen-bond donors (Lipinski definition) is 2. The predicted octanol–water partition coefficient (Wildman–Crippen LogP) is 6.48. The maximum absolute atomic E-state index is 11.3. The molecular formula is C21H15BrCl2N2O3. The number of para-hydroxylation sites is 1. The summed E-state index contributed by atoms with van der Waals surface area (Å²) < 4.78 is 6.76. The average Bonchev–Trinajstić information content (AvgIpc) is 2.70. The number of aromatic carboxylic acids is 1. The van der Waals surface area contributed by atoms with E-state index in [0.717, 1.165) is 10.0 Å². The summed E-state index contributed by atoms with van der Waals surface area (Å²) >= 11 is 15.4. The number of nitrogens with one attached hydrogen (secondary N) is 1. The first-order valence-electron chi connectivity index (χ1n) is 8.41. The maximum atomic E-state index is 11.3. The van der Waals surface area contributed by atoms with Crippen molar-refractivity contribution in [1.82, 2.24) is 0 Å². The van der Waals surface area contributed by atoms with Gasteiger partial charge >= 0.3 is 5.97 Å². The minimum Gasteiger partial charge on any atom is -0.488 e. The molecule has 0 bridgehead atoms. The van der Waals surface area contributed by atoms with Crippen LogP contribution in [0.2, 0.25) is 10.0 Å². The van der Waals surface area contributed by atoms with Gasteiger partial charge in [-0.25, -0.2) is 4.79 Å². The lowest BCUT2D eigenvalue weighted by molar-refractivity contribution is 0.0698. The highest BCUT2D eigenvalue weighted by Crippen LogP contribution is 2.26. The van der Waals surface area contributed by atoms with Gasteiger partial charge in [-0.05, 0) is 48.0 Å². The fraction of sp³-hybridized carbons (Fsp3) is 0.0476. The van der Waals surface area contributed by atoms with E-state index < -0.39 is 5.97 Å². The molecule has 0 fully saturated rings. The zero-order chi connectivity index (χ0) is 20.8. The van der Waals surface area contributed by atoms with Crippen molar-refractivity contribution in [2.75, 3.05) is 5.43 Å². The number of anilines is 1. The highest BCUT2D eigenvalue weighted by Gasteiger charge is 2.08. The molecule has 0 aliphatic heterocycles. The molecule has 5 nitrogen and oxygen atoms in total. The average molecular weight is 494 g/mol. The van der Waals surface area contributed by atoms with Crippen LogP contribution in [0.1, 0.15) is 21.5 Å². The van der Waals surface area contributed by atoms with E-state index in [1.807, 2.05) is 24.3 Å². The molecular weight excluding hydrogens is 479 g/mol. The first-order chi connectivity index (χ1) is 13.9. The molecule has 0 aliphatic rings. The summed E-state index contributed by atoms with van der Waals surface area (Å²) in [6.45, 7) is 0.300. The van der Waals surface area contributed by atoms with Gasteiger partial charge in [0.1, 0.15) is 12.4 Å². The Labute approximate surface area is 186 Å². The number of nitrogens with zero attached hydrogens (tertiary/aromatic N) is 1. The van der Waals surface area contributed by atoms with Crippen molar-refractivity contribution in [2.45, 2.75) is 6.61 Å². The van der Waals surface area contributed by atoms with E-state index in [0.29, 0.717) is 33.7 Å². The minimum absolute atomic E-state index is 0.134. The molecule has 0 aliphatic carbocycles. The molecule has 3 aromatic rings. The van der Waals surface area contributed by atoms with Crippen LogP contribution < -0.4 is 10.2 Å². The van der Waals surface area contributed by atoms with Crippen LogP contribution in [-0.4, -0.2) is 17.3 Å². The minimum atomic E-state index is -1.03. The molecule has 2 N–H and O–H groups in total. The van der Waals surface area contributed by atoms with Crippen LogP contribution in [-0.2, 0) is 6.61 Å². The lowest BCUT2D eigenvalue weighted by Gasteiger charge is -2.10. The molecule has 148 valence electrons. The fourth-order valence-corrected chi connectivity index (χ4v) is 3.18. The summed E-state index contributed by atoms with van der Waals surface area (Å²) in [6.07, 6.45) is 1.56. The normalized spacial score (nSPS) is 10.9. The first kappa shape index (κ1) is 21.2. The van der Waals surface area contributed by atoms with Gasteiger partial charge in [0, 0.05) is 10.0 Å². The number of hydrogen-bond acceptors (Lipinski definition) is 4. The van der Waals surface area contributed by atoms with Crippen molar-refractivity contribution >= 4 is 57.0 Å². The molecule has 29 heavy (non-hydrogen) atoms. The maximum Gasteiger partial charge on any atom is 0.337 e. The molecule has 0 saturated carbocycles. The Morgan fingerprint density at radius 3 is 2.66 bits per heavy atom. The molecule has 0 atom stereocenters. The molecule has 0 amide bonds. The van der Waals surface area contributed by atoms with Crippen molar-refractivity contribution < 1.29 is 14.6 Å². The van der Waals surface area contributed by atoms with Gasteiger partial charge in [0.25, 0.3) is 0 Å². The van der Waals surface area contributed by atoms with Gasteiger partial charge in [-0.15, -0.1) is 0 Å². The van der Waals surface area contributed by atoms with Crippen molar-refractivity contribution in [3.63, 3.8) is 0 Å². The van der Waals surface area contributed by atoms with Crippen LogP contribution >= 0.6 is 39.1 Å². The Hall–Kier alpha value is -2.54. The van der Waals surface area contributed by atoms with E-state index in [1.54, 1.807) is 36.5 Å². The molecule has 3 rings (SSSR count). The van der Waals surface area contributed by atoms with E-state index in [-0.39, 0.29) is 5.56 Å². The standard InChI is InChI=1S/C21H15BrCl2N2O3/c22-15-6-8-20(29-12-13-5-7-17(23)18(24)9-13)14(10-15)11-25-26-19-4-2-1-3-16(19)21(27)28/h1-11,26H,12H2,(H,27,28). The highest BCUT2D eigenvalue weighted by atomic mass is 79.9. The number of carbonyl (C=O) groups is 1. The zero-order valence-electron chi connectivity index (χ0n) is 14.9. The third-order valence-corrected chi connectivity index (χ3v) is 5.13. The van der Waals surface area contributed by atoms with E-state index in [2.05, 4.69) is 26.5 Å². The number of carboxylic acid groups (broad SMARTS) is 1. The number of ether oxygens (including phenoxy) is 1. The summed E-state index contributed by atoms with van der Waals surface area (Å²) in [4.78, 5) is 11.3. The van der Waals surface area contributed by atoms with Crippen LogP contribution in [0.3, 0.4) is 0 Å². The Morgan fingerprint density at radius 1 is 1.10 bits per heavy atom. The zero-order valence-corrected chi connectivity index (χ0v) is 18.0. The molecule has 0 unspecified atom stereocenters. The van der Waals surface area contributed by atoms with Gasteiger partial charge in [-0.3, -0.25) is 5.43 Å². The number of carboxylic acids is 1. The van der Waals surface area contributed by atoms with Gasteiger partial charge in [-0.1, -0.05) is 57.3 Å². The topological polar surface area (TPSA) is 70.9 Å². The van der Waals surface area contributed by atoms with Gasteiger partial charge in [0.2, 0.25) is 0 Å². The van der Waals surface area contributed by atoms with E-state index in [4.69, 9.17) is 27.9 Å². The van der Waals surface area contributed by atoms with Crippen LogP contribution in [0.5, 0.6) is 5.75 Å². The fourth-order valence-electron chi connectivity index (χ4n) is 2.48. The van der Waals surface area contributed by atoms with Crippen LogP contribution in [0.15, 0.2) is 70.2 Å². The highest BCUT2D eigenvalue weighted by molar-refractivity contribution is 9.10. The third-order valence-electron chi connectivity index (χ3n) is 3.90. The molecule has 0 radical (unpaired) electrons. The predicted molar refractivity (Wildman–Crippen MR) is 120 cm³/mol. The van der Waals surface area contributed by atoms with E-state index in [9.17, 15) is 9.90 Å². The second kappa shape index (κ2) is 9.78. The SMILES string of the molecule is O=C(O)c1ccccc1NN=Cc1cc(Br)ccc1OCc1ccc(Cl)c(Cl)c1.